The van der Waals surface area contributed by atoms with Crippen LogP contribution in [0.3, 0.4) is 0 Å². The van der Waals surface area contributed by atoms with E-state index in [-0.39, 0.29) is 16.7 Å². The second-order valence-corrected chi connectivity index (χ2v) is 4.81. The van der Waals surface area contributed by atoms with Gasteiger partial charge in [-0.05, 0) is 31.4 Å². The maximum atomic E-state index is 13.0. The van der Waals surface area contributed by atoms with Crippen LogP contribution < -0.4 is 0 Å². The van der Waals surface area contributed by atoms with Gasteiger partial charge in [0.2, 0.25) is 0 Å². The van der Waals surface area contributed by atoms with Gasteiger partial charge in [-0.1, -0.05) is 0 Å². The summed E-state index contributed by atoms with van der Waals surface area (Å²) >= 11 is 0. The number of rotatable bonds is 1. The SMILES string of the molecule is Oc1ccc2c(C(F)(F)F)nn(C3CCCCO3)c2c1. The Morgan fingerprint density at radius 3 is 2.75 bits per heavy atom. The van der Waals surface area contributed by atoms with Crippen molar-refractivity contribution in [1.82, 2.24) is 9.78 Å². The highest BCUT2D eigenvalue weighted by atomic mass is 19.4. The number of aromatic hydroxyl groups is 1. The number of hydrogen-bond donors (Lipinski definition) is 1. The zero-order valence-corrected chi connectivity index (χ0v) is 10.5. The van der Waals surface area contributed by atoms with Crippen molar-refractivity contribution >= 4 is 10.9 Å². The Balaban J connectivity index is 2.17. The van der Waals surface area contributed by atoms with E-state index in [1.807, 2.05) is 0 Å². The van der Waals surface area contributed by atoms with Crippen molar-refractivity contribution in [3.05, 3.63) is 23.9 Å². The van der Waals surface area contributed by atoms with E-state index in [0.29, 0.717) is 13.0 Å². The normalized spacial score (nSPS) is 20.4. The Morgan fingerprint density at radius 1 is 1.30 bits per heavy atom. The molecule has 3 rings (SSSR count). The van der Waals surface area contributed by atoms with Gasteiger partial charge in [0.25, 0.3) is 0 Å². The van der Waals surface area contributed by atoms with Gasteiger partial charge in [0.05, 0.1) is 5.52 Å². The monoisotopic (exact) mass is 286 g/mol. The molecule has 0 saturated carbocycles. The summed E-state index contributed by atoms with van der Waals surface area (Å²) in [6.07, 6.45) is -2.65. The molecule has 1 aliphatic heterocycles. The topological polar surface area (TPSA) is 47.3 Å². The highest BCUT2D eigenvalue weighted by Crippen LogP contribution is 2.37. The lowest BCUT2D eigenvalue weighted by molar-refractivity contribution is -0.141. The fourth-order valence-corrected chi connectivity index (χ4v) is 2.47. The molecular formula is C13H13F3N2O2. The molecule has 1 aromatic carbocycles. The Labute approximate surface area is 112 Å². The molecule has 1 saturated heterocycles. The Kier molecular flexibility index (Phi) is 3.08. The van der Waals surface area contributed by atoms with E-state index in [1.54, 1.807) is 0 Å². The van der Waals surface area contributed by atoms with Crippen molar-refractivity contribution in [3.63, 3.8) is 0 Å². The molecular weight excluding hydrogens is 273 g/mol. The van der Waals surface area contributed by atoms with Crippen LogP contribution in [0.5, 0.6) is 5.75 Å². The molecule has 20 heavy (non-hydrogen) atoms. The average molecular weight is 286 g/mol. The summed E-state index contributed by atoms with van der Waals surface area (Å²) in [7, 11) is 0. The molecule has 0 radical (unpaired) electrons. The van der Waals surface area contributed by atoms with Gasteiger partial charge in [0.1, 0.15) is 5.75 Å². The van der Waals surface area contributed by atoms with E-state index in [9.17, 15) is 18.3 Å². The fourth-order valence-electron chi connectivity index (χ4n) is 2.47. The molecule has 0 aliphatic carbocycles. The molecule has 1 N–H and O–H groups in total. The first-order valence-corrected chi connectivity index (χ1v) is 6.37. The van der Waals surface area contributed by atoms with Crippen molar-refractivity contribution in [2.75, 3.05) is 6.61 Å². The van der Waals surface area contributed by atoms with E-state index in [1.165, 1.54) is 22.9 Å². The number of phenolic OH excluding ortho intramolecular Hbond substituents is 1. The number of nitrogens with zero attached hydrogens (tertiary/aromatic N) is 2. The summed E-state index contributed by atoms with van der Waals surface area (Å²) in [5, 5.41) is 13.2. The van der Waals surface area contributed by atoms with Gasteiger partial charge in [0, 0.05) is 18.1 Å². The van der Waals surface area contributed by atoms with E-state index < -0.39 is 18.1 Å². The highest BCUT2D eigenvalue weighted by Gasteiger charge is 2.37. The number of hydrogen-bond acceptors (Lipinski definition) is 3. The minimum atomic E-state index is -4.53. The number of ether oxygens (including phenoxy) is 1. The summed E-state index contributed by atoms with van der Waals surface area (Å²) in [5.41, 5.74) is -0.703. The number of alkyl halides is 3. The first-order valence-electron chi connectivity index (χ1n) is 6.37. The van der Waals surface area contributed by atoms with E-state index in [0.717, 1.165) is 12.8 Å². The Morgan fingerprint density at radius 2 is 2.10 bits per heavy atom. The second kappa shape index (κ2) is 4.66. The lowest BCUT2D eigenvalue weighted by Crippen LogP contribution is -2.19. The van der Waals surface area contributed by atoms with E-state index >= 15 is 0 Å². The van der Waals surface area contributed by atoms with Crippen LogP contribution in [0.2, 0.25) is 0 Å². The Hall–Kier alpha value is -1.76. The number of benzene rings is 1. The summed E-state index contributed by atoms with van der Waals surface area (Å²) in [6, 6.07) is 3.75. The predicted molar refractivity (Wildman–Crippen MR) is 65.2 cm³/mol. The van der Waals surface area contributed by atoms with Crippen LogP contribution in [0.25, 0.3) is 10.9 Å². The van der Waals surface area contributed by atoms with Gasteiger partial charge in [-0.15, -0.1) is 0 Å². The van der Waals surface area contributed by atoms with Crippen molar-refractivity contribution in [2.45, 2.75) is 31.7 Å². The average Bonchev–Trinajstić information content (AvgIpc) is 2.78. The molecule has 1 unspecified atom stereocenters. The molecule has 1 atom stereocenters. The smallest absolute Gasteiger partial charge is 0.435 e. The quantitative estimate of drug-likeness (QED) is 0.873. The third-order valence-electron chi connectivity index (χ3n) is 3.39. The van der Waals surface area contributed by atoms with Crippen LogP contribution in [0.1, 0.15) is 31.2 Å². The molecule has 7 heteroatoms. The van der Waals surface area contributed by atoms with Crippen molar-refractivity contribution < 1.29 is 23.0 Å². The van der Waals surface area contributed by atoms with Crippen LogP contribution in [0, 0.1) is 0 Å². The number of fused-ring (bicyclic) bond motifs is 1. The third kappa shape index (κ3) is 2.22. The highest BCUT2D eigenvalue weighted by molar-refractivity contribution is 5.84. The van der Waals surface area contributed by atoms with E-state index in [2.05, 4.69) is 5.10 Å². The molecule has 0 spiro atoms. The number of aromatic nitrogens is 2. The first-order chi connectivity index (χ1) is 9.47. The minimum Gasteiger partial charge on any atom is -0.508 e. The van der Waals surface area contributed by atoms with Crippen LogP contribution in [0.15, 0.2) is 18.2 Å². The van der Waals surface area contributed by atoms with Crippen molar-refractivity contribution in [2.24, 2.45) is 0 Å². The van der Waals surface area contributed by atoms with Crippen LogP contribution >= 0.6 is 0 Å². The van der Waals surface area contributed by atoms with Crippen LogP contribution in [-0.2, 0) is 10.9 Å². The summed E-state index contributed by atoms with van der Waals surface area (Å²) < 4.78 is 45.8. The maximum Gasteiger partial charge on any atom is 0.435 e. The van der Waals surface area contributed by atoms with E-state index in [4.69, 9.17) is 4.74 Å². The predicted octanol–water partition coefficient (Wildman–Crippen LogP) is 3.46. The molecule has 108 valence electrons. The molecule has 1 aliphatic rings. The van der Waals surface area contributed by atoms with Gasteiger partial charge in [0.15, 0.2) is 11.9 Å². The molecule has 0 amide bonds. The standard InChI is InChI=1S/C13H13F3N2O2/c14-13(15,16)12-9-5-4-8(19)7-10(9)18(17-12)11-3-1-2-6-20-11/h4-5,7,11,19H,1-3,6H2. The zero-order chi connectivity index (χ0) is 14.3. The van der Waals surface area contributed by atoms with Gasteiger partial charge in [-0.2, -0.15) is 18.3 Å². The van der Waals surface area contributed by atoms with Gasteiger partial charge in [-0.25, -0.2) is 4.68 Å². The van der Waals surface area contributed by atoms with Gasteiger partial charge >= 0.3 is 6.18 Å². The van der Waals surface area contributed by atoms with Gasteiger partial charge in [-0.3, -0.25) is 0 Å². The molecule has 1 aromatic heterocycles. The fraction of sp³-hybridized carbons (Fsp3) is 0.462. The summed E-state index contributed by atoms with van der Waals surface area (Å²) in [6.45, 7) is 0.506. The third-order valence-corrected chi connectivity index (χ3v) is 3.39. The first kappa shape index (κ1) is 13.2. The summed E-state index contributed by atoms with van der Waals surface area (Å²) in [5.74, 6) is -0.0943. The molecule has 4 nitrogen and oxygen atoms in total. The molecule has 1 fully saturated rings. The number of phenols is 1. The Bertz CT molecular complexity index is 630. The van der Waals surface area contributed by atoms with Crippen molar-refractivity contribution in [3.8, 4) is 5.75 Å². The number of halogens is 3. The lowest BCUT2D eigenvalue weighted by Gasteiger charge is -2.23. The minimum absolute atomic E-state index is 0.0236. The second-order valence-electron chi connectivity index (χ2n) is 4.81. The van der Waals surface area contributed by atoms with Crippen molar-refractivity contribution in [1.29, 1.82) is 0 Å². The summed E-state index contributed by atoms with van der Waals surface area (Å²) in [4.78, 5) is 0. The van der Waals surface area contributed by atoms with Crippen LogP contribution in [-0.4, -0.2) is 21.5 Å². The van der Waals surface area contributed by atoms with Gasteiger partial charge < -0.3 is 9.84 Å². The molecule has 2 heterocycles. The van der Waals surface area contributed by atoms with Crippen LogP contribution in [0.4, 0.5) is 13.2 Å². The molecule has 0 bridgehead atoms. The largest absolute Gasteiger partial charge is 0.508 e. The molecule has 2 aromatic rings. The lowest BCUT2D eigenvalue weighted by atomic mass is 10.1. The maximum absolute atomic E-state index is 13.0. The zero-order valence-electron chi connectivity index (χ0n) is 10.5.